The molecule has 3 aromatic rings. The molecule has 138 valence electrons. The van der Waals surface area contributed by atoms with Crippen LogP contribution >= 0.6 is 11.6 Å². The number of carbonyl (C=O) groups excluding carboxylic acids is 2. The number of amides is 2. The first-order chi connectivity index (χ1) is 13.0. The van der Waals surface area contributed by atoms with E-state index < -0.39 is 6.04 Å². The maximum atomic E-state index is 13.0. The molecule has 0 radical (unpaired) electrons. The second kappa shape index (κ2) is 6.70. The van der Waals surface area contributed by atoms with Crippen LogP contribution in [0.5, 0.6) is 0 Å². The fourth-order valence-electron chi connectivity index (χ4n) is 3.50. The van der Waals surface area contributed by atoms with E-state index in [0.717, 1.165) is 11.0 Å². The predicted molar refractivity (Wildman–Crippen MR) is 106 cm³/mol. The molecule has 0 aliphatic carbocycles. The van der Waals surface area contributed by atoms with E-state index in [0.29, 0.717) is 28.8 Å². The Kier molecular flexibility index (Phi) is 4.36. The highest BCUT2D eigenvalue weighted by Gasteiger charge is 2.41. The first-order valence-corrected chi connectivity index (χ1v) is 9.22. The summed E-state index contributed by atoms with van der Waals surface area (Å²) in [6.07, 6.45) is 0.0811. The number of nitrogens with zero attached hydrogens (tertiary/aromatic N) is 3. The van der Waals surface area contributed by atoms with E-state index in [-0.39, 0.29) is 18.2 Å². The molecule has 2 amide bonds. The second-order valence-electron chi connectivity index (χ2n) is 6.52. The molecule has 1 N–H and O–H groups in total. The average molecular weight is 383 g/mol. The normalized spacial score (nSPS) is 17.1. The molecule has 4 rings (SSSR count). The Morgan fingerprint density at radius 3 is 2.74 bits per heavy atom. The lowest BCUT2D eigenvalue weighted by atomic mass is 10.2. The van der Waals surface area contributed by atoms with Crippen molar-refractivity contribution < 1.29 is 9.59 Å². The molecular formula is C20H19ClN4O2. The second-order valence-corrected chi connectivity index (χ2v) is 6.93. The third kappa shape index (κ3) is 2.86. The predicted octanol–water partition coefficient (Wildman–Crippen LogP) is 3.76. The van der Waals surface area contributed by atoms with Crippen molar-refractivity contribution in [3.8, 4) is 0 Å². The number of nitrogens with one attached hydrogen (secondary N) is 1. The molecule has 0 spiro atoms. The van der Waals surface area contributed by atoms with E-state index in [2.05, 4.69) is 10.3 Å². The molecule has 1 atom stereocenters. The van der Waals surface area contributed by atoms with Gasteiger partial charge in [-0.05, 0) is 43.7 Å². The average Bonchev–Trinajstić information content (AvgIpc) is 3.14. The number of hydrogen-bond acceptors (Lipinski definition) is 4. The fraction of sp³-hybridized carbons (Fsp3) is 0.250. The van der Waals surface area contributed by atoms with E-state index in [1.54, 1.807) is 25.1 Å². The molecule has 1 aliphatic rings. The molecule has 2 aromatic carbocycles. The molecule has 27 heavy (non-hydrogen) atoms. The minimum absolute atomic E-state index is 0.0811. The van der Waals surface area contributed by atoms with Crippen LogP contribution < -0.4 is 10.2 Å². The summed E-state index contributed by atoms with van der Waals surface area (Å²) in [4.78, 5) is 31.3. The lowest BCUT2D eigenvalue weighted by molar-refractivity contribution is -0.121. The van der Waals surface area contributed by atoms with Crippen molar-refractivity contribution in [3.63, 3.8) is 0 Å². The minimum atomic E-state index is -0.655. The molecule has 1 aliphatic heterocycles. The molecular weight excluding hydrogens is 364 g/mol. The number of carbonyl (C=O) groups is 2. The smallest absolute Gasteiger partial charge is 0.256 e. The van der Waals surface area contributed by atoms with Gasteiger partial charge >= 0.3 is 0 Å². The van der Waals surface area contributed by atoms with Gasteiger partial charge < -0.3 is 9.88 Å². The van der Waals surface area contributed by atoms with Gasteiger partial charge in [0.2, 0.25) is 11.9 Å². The van der Waals surface area contributed by atoms with Crippen LogP contribution in [-0.4, -0.2) is 27.4 Å². The van der Waals surface area contributed by atoms with Crippen molar-refractivity contribution in [2.24, 2.45) is 0 Å². The summed E-state index contributed by atoms with van der Waals surface area (Å²) in [5.41, 5.74) is 3.08. The van der Waals surface area contributed by atoms with Gasteiger partial charge in [-0.15, -0.1) is 0 Å². The quantitative estimate of drug-likeness (QED) is 0.697. The van der Waals surface area contributed by atoms with E-state index >= 15 is 0 Å². The number of halogens is 1. The van der Waals surface area contributed by atoms with Crippen molar-refractivity contribution in [3.05, 3.63) is 53.1 Å². The summed E-state index contributed by atoms with van der Waals surface area (Å²) >= 11 is 6.16. The summed E-state index contributed by atoms with van der Waals surface area (Å²) in [6.45, 7) is 4.52. The monoisotopic (exact) mass is 382 g/mol. The number of benzene rings is 2. The molecule has 2 heterocycles. The van der Waals surface area contributed by atoms with Crippen molar-refractivity contribution in [1.82, 2.24) is 9.55 Å². The zero-order chi connectivity index (χ0) is 19.1. The van der Waals surface area contributed by atoms with Gasteiger partial charge in [-0.25, -0.2) is 9.88 Å². The van der Waals surface area contributed by atoms with Crippen molar-refractivity contribution in [1.29, 1.82) is 0 Å². The summed E-state index contributed by atoms with van der Waals surface area (Å²) < 4.78 is 2.00. The third-order valence-electron chi connectivity index (χ3n) is 4.90. The first-order valence-electron chi connectivity index (χ1n) is 8.85. The Labute approximate surface area is 161 Å². The van der Waals surface area contributed by atoms with Crippen molar-refractivity contribution in [2.45, 2.75) is 32.9 Å². The summed E-state index contributed by atoms with van der Waals surface area (Å²) in [5, 5.41) is 3.70. The zero-order valence-electron chi connectivity index (χ0n) is 15.1. The van der Waals surface area contributed by atoms with Crippen LogP contribution in [0.25, 0.3) is 11.0 Å². The summed E-state index contributed by atoms with van der Waals surface area (Å²) in [6, 6.07) is 12.4. The van der Waals surface area contributed by atoms with Crippen molar-refractivity contribution in [2.75, 3.05) is 10.2 Å². The number of imidazole rings is 1. The molecule has 1 aromatic heterocycles. The summed E-state index contributed by atoms with van der Waals surface area (Å²) in [5.74, 6) is 0.0524. The van der Waals surface area contributed by atoms with Gasteiger partial charge in [0.15, 0.2) is 0 Å². The number of hydrogen-bond donors (Lipinski definition) is 1. The number of aryl methyl sites for hydroxylation is 1. The number of rotatable bonds is 4. The minimum Gasteiger partial charge on any atom is -0.343 e. The number of aromatic nitrogens is 2. The highest BCUT2D eigenvalue weighted by molar-refractivity contribution is 6.32. The van der Waals surface area contributed by atoms with Crippen LogP contribution in [0, 0.1) is 6.92 Å². The Morgan fingerprint density at radius 2 is 1.96 bits per heavy atom. The van der Waals surface area contributed by atoms with E-state index in [1.807, 2.05) is 35.8 Å². The lowest BCUT2D eigenvalue weighted by Gasteiger charge is -2.18. The van der Waals surface area contributed by atoms with Gasteiger partial charge in [0.05, 0.1) is 23.1 Å². The maximum Gasteiger partial charge on any atom is 0.256 e. The van der Waals surface area contributed by atoms with Crippen LogP contribution in [0.15, 0.2) is 42.5 Å². The van der Waals surface area contributed by atoms with Gasteiger partial charge in [-0.3, -0.25) is 9.59 Å². The van der Waals surface area contributed by atoms with E-state index in [9.17, 15) is 9.59 Å². The standard InChI is InChI=1S/C20H19ClN4O2/c1-3-24-17-9-5-4-8-14(17)22-20(24)23-15-11-18(26)25(19(15)27)16-10-6-7-13(21)12(16)2/h4-10,15H,3,11H2,1-2H3,(H,22,23). The Morgan fingerprint density at radius 1 is 1.19 bits per heavy atom. The van der Waals surface area contributed by atoms with Gasteiger partial charge in [0.25, 0.3) is 5.91 Å². The molecule has 0 saturated carbocycles. The Balaban J connectivity index is 1.66. The largest absolute Gasteiger partial charge is 0.343 e. The van der Waals surface area contributed by atoms with E-state index in [1.165, 1.54) is 4.90 Å². The highest BCUT2D eigenvalue weighted by Crippen LogP contribution is 2.31. The van der Waals surface area contributed by atoms with Gasteiger partial charge in [-0.2, -0.15) is 0 Å². The maximum absolute atomic E-state index is 13.0. The fourth-order valence-corrected chi connectivity index (χ4v) is 3.67. The number of imide groups is 1. The molecule has 6 nitrogen and oxygen atoms in total. The summed E-state index contributed by atoms with van der Waals surface area (Å²) in [7, 11) is 0. The SMILES string of the molecule is CCn1c(NC2CC(=O)N(c3cccc(Cl)c3C)C2=O)nc2ccccc21. The molecule has 1 fully saturated rings. The van der Waals surface area contributed by atoms with E-state index in [4.69, 9.17) is 11.6 Å². The lowest BCUT2D eigenvalue weighted by Crippen LogP contribution is -2.35. The molecule has 0 bridgehead atoms. The van der Waals surface area contributed by atoms with Crippen LogP contribution in [-0.2, 0) is 16.1 Å². The van der Waals surface area contributed by atoms with Gasteiger partial charge in [0, 0.05) is 11.6 Å². The van der Waals surface area contributed by atoms with Crippen LogP contribution in [0.1, 0.15) is 18.9 Å². The number of anilines is 2. The van der Waals surface area contributed by atoms with Gasteiger partial charge in [0.1, 0.15) is 6.04 Å². The topological polar surface area (TPSA) is 67.2 Å². The highest BCUT2D eigenvalue weighted by atomic mass is 35.5. The molecule has 1 unspecified atom stereocenters. The van der Waals surface area contributed by atoms with Crippen LogP contribution in [0.3, 0.4) is 0 Å². The third-order valence-corrected chi connectivity index (χ3v) is 5.31. The molecule has 1 saturated heterocycles. The number of para-hydroxylation sites is 2. The van der Waals surface area contributed by atoms with Crippen LogP contribution in [0.2, 0.25) is 5.02 Å². The first kappa shape index (κ1) is 17.5. The molecule has 7 heteroatoms. The zero-order valence-corrected chi connectivity index (χ0v) is 15.8. The van der Waals surface area contributed by atoms with Crippen molar-refractivity contribution >= 4 is 46.1 Å². The Bertz CT molecular complexity index is 1060. The number of fused-ring (bicyclic) bond motifs is 1. The van der Waals surface area contributed by atoms with Crippen LogP contribution in [0.4, 0.5) is 11.6 Å². The van der Waals surface area contributed by atoms with Gasteiger partial charge in [-0.1, -0.05) is 29.8 Å². The Hall–Kier alpha value is -2.86.